The van der Waals surface area contributed by atoms with Crippen LogP contribution in [0.2, 0.25) is 0 Å². The summed E-state index contributed by atoms with van der Waals surface area (Å²) in [6.45, 7) is 1.84. The lowest BCUT2D eigenvalue weighted by atomic mass is 10.1. The molecule has 0 fully saturated rings. The second-order valence-electron chi connectivity index (χ2n) is 5.05. The molecule has 0 aliphatic rings. The molecule has 0 spiro atoms. The summed E-state index contributed by atoms with van der Waals surface area (Å²) in [6, 6.07) is 9.98. The van der Waals surface area contributed by atoms with Crippen molar-refractivity contribution < 1.29 is 0 Å². The highest BCUT2D eigenvalue weighted by atomic mass is 15.1. The van der Waals surface area contributed by atoms with Gasteiger partial charge in [0.25, 0.3) is 0 Å². The average molecular weight is 281 g/mol. The Hall–Kier alpha value is -2.40. The first-order chi connectivity index (χ1) is 10.3. The predicted octanol–water partition coefficient (Wildman–Crippen LogP) is 2.22. The van der Waals surface area contributed by atoms with Gasteiger partial charge in [0.2, 0.25) is 0 Å². The van der Waals surface area contributed by atoms with E-state index in [1.165, 1.54) is 0 Å². The molecule has 1 atom stereocenters. The van der Waals surface area contributed by atoms with Gasteiger partial charge in [-0.25, -0.2) is 9.97 Å². The van der Waals surface area contributed by atoms with Crippen molar-refractivity contribution in [2.24, 2.45) is 5.73 Å². The Morgan fingerprint density at radius 2 is 1.90 bits per heavy atom. The molecule has 3 rings (SSSR count). The van der Waals surface area contributed by atoms with Crippen molar-refractivity contribution in [3.8, 4) is 0 Å². The molecule has 2 heterocycles. The third kappa shape index (κ3) is 3.20. The fourth-order valence-electron chi connectivity index (χ4n) is 2.45. The number of hydrogen-bond donors (Lipinski definition) is 1. The van der Waals surface area contributed by atoms with E-state index in [1.54, 1.807) is 6.20 Å². The second kappa shape index (κ2) is 6.37. The highest BCUT2D eigenvalue weighted by Gasteiger charge is 2.13. The summed E-state index contributed by atoms with van der Waals surface area (Å²) in [4.78, 5) is 8.30. The van der Waals surface area contributed by atoms with Crippen molar-refractivity contribution in [2.75, 3.05) is 0 Å². The lowest BCUT2D eigenvalue weighted by Gasteiger charge is -2.15. The van der Waals surface area contributed by atoms with Crippen molar-refractivity contribution in [3.05, 3.63) is 72.8 Å². The zero-order chi connectivity index (χ0) is 14.5. The van der Waals surface area contributed by atoms with Crippen LogP contribution in [-0.4, -0.2) is 19.1 Å². The molecule has 0 aliphatic carbocycles. The Morgan fingerprint density at radius 1 is 1.05 bits per heavy atom. The largest absolute Gasteiger partial charge is 0.337 e. The molecule has 0 amide bonds. The normalized spacial score (nSPS) is 12.4. The van der Waals surface area contributed by atoms with Crippen LogP contribution in [-0.2, 0) is 13.1 Å². The quantitative estimate of drug-likeness (QED) is 0.753. The Bertz CT molecular complexity index is 657. The molecular weight excluding hydrogens is 262 g/mol. The molecule has 0 aliphatic heterocycles. The first kappa shape index (κ1) is 13.6. The number of hydrogen-bond acceptors (Lipinski definition) is 3. The van der Waals surface area contributed by atoms with Gasteiger partial charge in [-0.2, -0.15) is 0 Å². The molecule has 5 heteroatoms. The van der Waals surface area contributed by atoms with E-state index in [9.17, 15) is 0 Å². The zero-order valence-electron chi connectivity index (χ0n) is 11.8. The smallest absolute Gasteiger partial charge is 0.0948 e. The zero-order valence-corrected chi connectivity index (χ0v) is 11.8. The molecule has 3 aromatic rings. The van der Waals surface area contributed by atoms with E-state index in [1.807, 2.05) is 55.4 Å². The lowest BCUT2D eigenvalue weighted by molar-refractivity contribution is 0.544. The van der Waals surface area contributed by atoms with Crippen LogP contribution < -0.4 is 5.73 Å². The van der Waals surface area contributed by atoms with Gasteiger partial charge in [-0.05, 0) is 12.0 Å². The molecule has 2 aromatic heterocycles. The number of imidazole rings is 2. The Labute approximate surface area is 124 Å². The molecule has 0 radical (unpaired) electrons. The Morgan fingerprint density at radius 3 is 2.67 bits per heavy atom. The van der Waals surface area contributed by atoms with E-state index in [-0.39, 0.29) is 6.04 Å². The maximum absolute atomic E-state index is 6.35. The van der Waals surface area contributed by atoms with Gasteiger partial charge in [0.05, 0.1) is 30.6 Å². The van der Waals surface area contributed by atoms with Crippen LogP contribution in [0.4, 0.5) is 0 Å². The minimum atomic E-state index is -0.137. The highest BCUT2D eigenvalue weighted by Crippen LogP contribution is 2.19. The van der Waals surface area contributed by atoms with Crippen LogP contribution in [0.25, 0.3) is 0 Å². The lowest BCUT2D eigenvalue weighted by Crippen LogP contribution is -2.17. The molecule has 108 valence electrons. The van der Waals surface area contributed by atoms with Crippen LogP contribution in [0.5, 0.6) is 0 Å². The van der Waals surface area contributed by atoms with Gasteiger partial charge >= 0.3 is 0 Å². The SMILES string of the molecule is NC(c1ccccc1)c1cncn1CCCn1ccnc1. The summed E-state index contributed by atoms with van der Waals surface area (Å²) in [7, 11) is 0. The number of aryl methyl sites for hydroxylation is 2. The summed E-state index contributed by atoms with van der Waals surface area (Å²) in [5, 5.41) is 0. The van der Waals surface area contributed by atoms with Gasteiger partial charge in [-0.1, -0.05) is 30.3 Å². The third-order valence-corrected chi connectivity index (χ3v) is 3.60. The summed E-state index contributed by atoms with van der Waals surface area (Å²) in [5.41, 5.74) is 8.51. The first-order valence-corrected chi connectivity index (χ1v) is 7.11. The Kier molecular flexibility index (Phi) is 4.12. The van der Waals surface area contributed by atoms with Gasteiger partial charge in [0, 0.05) is 25.5 Å². The molecule has 1 aromatic carbocycles. The molecule has 0 saturated carbocycles. The minimum Gasteiger partial charge on any atom is -0.337 e. The third-order valence-electron chi connectivity index (χ3n) is 3.60. The van der Waals surface area contributed by atoms with Gasteiger partial charge in [0.15, 0.2) is 0 Å². The standard InChI is InChI=1S/C16H19N5/c17-16(14-5-2-1-3-6-14)15-11-19-13-21(15)9-4-8-20-10-7-18-12-20/h1-3,5-7,10-13,16H,4,8-9,17H2. The molecule has 5 nitrogen and oxygen atoms in total. The Balaban J connectivity index is 1.66. The number of benzene rings is 1. The van der Waals surface area contributed by atoms with Crippen molar-refractivity contribution in [1.82, 2.24) is 19.1 Å². The van der Waals surface area contributed by atoms with Crippen molar-refractivity contribution in [1.29, 1.82) is 0 Å². The molecule has 2 N–H and O–H groups in total. The molecule has 1 unspecified atom stereocenters. The molecule has 0 saturated heterocycles. The van der Waals surface area contributed by atoms with Crippen LogP contribution in [0, 0.1) is 0 Å². The van der Waals surface area contributed by atoms with E-state index in [0.717, 1.165) is 30.8 Å². The average Bonchev–Trinajstić information content (AvgIpc) is 3.19. The number of nitrogens with two attached hydrogens (primary N) is 1. The maximum atomic E-state index is 6.35. The van der Waals surface area contributed by atoms with Gasteiger partial charge in [-0.15, -0.1) is 0 Å². The van der Waals surface area contributed by atoms with Crippen LogP contribution >= 0.6 is 0 Å². The van der Waals surface area contributed by atoms with E-state index >= 15 is 0 Å². The summed E-state index contributed by atoms with van der Waals surface area (Å²) in [5.74, 6) is 0. The van der Waals surface area contributed by atoms with Gasteiger partial charge < -0.3 is 14.9 Å². The number of aromatic nitrogens is 4. The van der Waals surface area contributed by atoms with Gasteiger partial charge in [-0.3, -0.25) is 0 Å². The van der Waals surface area contributed by atoms with E-state index in [0.29, 0.717) is 0 Å². The maximum Gasteiger partial charge on any atom is 0.0948 e. The van der Waals surface area contributed by atoms with E-state index in [2.05, 4.69) is 19.1 Å². The molecular formula is C16H19N5. The number of rotatable bonds is 6. The van der Waals surface area contributed by atoms with Crippen molar-refractivity contribution >= 4 is 0 Å². The van der Waals surface area contributed by atoms with Crippen LogP contribution in [0.1, 0.15) is 23.7 Å². The fraction of sp³-hybridized carbons (Fsp3) is 0.250. The number of nitrogens with zero attached hydrogens (tertiary/aromatic N) is 4. The monoisotopic (exact) mass is 281 g/mol. The summed E-state index contributed by atoms with van der Waals surface area (Å²) < 4.78 is 4.21. The minimum absolute atomic E-state index is 0.137. The fourth-order valence-corrected chi connectivity index (χ4v) is 2.45. The van der Waals surface area contributed by atoms with Crippen LogP contribution in [0.15, 0.2) is 61.6 Å². The summed E-state index contributed by atoms with van der Waals surface area (Å²) in [6.07, 6.45) is 10.3. The molecule has 0 bridgehead atoms. The van der Waals surface area contributed by atoms with Crippen molar-refractivity contribution in [3.63, 3.8) is 0 Å². The first-order valence-electron chi connectivity index (χ1n) is 7.11. The highest BCUT2D eigenvalue weighted by molar-refractivity contribution is 5.26. The van der Waals surface area contributed by atoms with Crippen LogP contribution in [0.3, 0.4) is 0 Å². The molecule has 21 heavy (non-hydrogen) atoms. The predicted molar refractivity (Wildman–Crippen MR) is 81.5 cm³/mol. The second-order valence-corrected chi connectivity index (χ2v) is 5.05. The van der Waals surface area contributed by atoms with Crippen molar-refractivity contribution in [2.45, 2.75) is 25.6 Å². The topological polar surface area (TPSA) is 61.7 Å². The van der Waals surface area contributed by atoms with E-state index < -0.39 is 0 Å². The van der Waals surface area contributed by atoms with E-state index in [4.69, 9.17) is 5.73 Å². The van der Waals surface area contributed by atoms with Gasteiger partial charge in [0.1, 0.15) is 0 Å². The summed E-state index contributed by atoms with van der Waals surface area (Å²) >= 11 is 0.